The van der Waals surface area contributed by atoms with E-state index in [0.717, 1.165) is 124 Å². The van der Waals surface area contributed by atoms with Gasteiger partial charge in [-0.05, 0) is 97.2 Å². The number of nitrogens with zero attached hydrogens (tertiary/aromatic N) is 6. The number of hydrogen-bond donors (Lipinski definition) is 5. The van der Waals surface area contributed by atoms with Crippen LogP contribution in [0.1, 0.15) is 72.2 Å². The third-order valence-corrected chi connectivity index (χ3v) is 15.4. The molecule has 322 valence electrons. The zero-order valence-corrected chi connectivity index (χ0v) is 36.9. The van der Waals surface area contributed by atoms with Crippen LogP contribution >= 0.6 is 0 Å². The molecule has 5 heterocycles. The number of fused-ring (bicyclic) bond motifs is 3. The molecule has 4 aromatic rings. The molecule has 4 aliphatic heterocycles. The Morgan fingerprint density at radius 3 is 2.53 bits per heavy atom. The highest BCUT2D eigenvalue weighted by atomic mass is 15.4. The topological polar surface area (TPSA) is 111 Å². The van der Waals surface area contributed by atoms with Gasteiger partial charge in [-0.1, -0.05) is 57.0 Å². The Hall–Kier alpha value is -5.81. The standard InChI is InChI=1S/C51H63N11/c1-8-47-57-34(4)50(22-36-18-42(52-5)43(19-37(36)23-50)55-27-41-26-49(32-56-41)15-16-54-31-49)62(47)30-46(53-6)51(60(7)9-2)24-38-20-44-45(21-39(38)25-51)59-48(58-44)40-17-33(3)61(29-40)28-35-13-11-10-12-14-35/h9-14,18-21,30,40,47,53-55,57H,2-5,8,15-17,22-29,31-32H2,1,6-7H3,(H,58,59)/b46-30-. The van der Waals surface area contributed by atoms with Gasteiger partial charge in [0.2, 0.25) is 0 Å². The van der Waals surface area contributed by atoms with Crippen LogP contribution in [0.4, 0.5) is 11.4 Å². The highest BCUT2D eigenvalue weighted by Gasteiger charge is 2.53. The van der Waals surface area contributed by atoms with Crippen molar-refractivity contribution >= 4 is 34.8 Å². The van der Waals surface area contributed by atoms with Crippen molar-refractivity contribution in [3.8, 4) is 0 Å². The summed E-state index contributed by atoms with van der Waals surface area (Å²) in [5, 5.41) is 14.8. The first-order valence-electron chi connectivity index (χ1n) is 22.7. The molecule has 0 saturated carbocycles. The van der Waals surface area contributed by atoms with E-state index in [1.165, 1.54) is 45.6 Å². The average Bonchev–Trinajstić information content (AvgIpc) is 4.16. The molecule has 5 atom stereocenters. The molecule has 0 radical (unpaired) electrons. The van der Waals surface area contributed by atoms with Gasteiger partial charge >= 0.3 is 0 Å². The van der Waals surface area contributed by atoms with Gasteiger partial charge in [-0.25, -0.2) is 4.98 Å². The number of imidazole rings is 1. The van der Waals surface area contributed by atoms with Crippen molar-refractivity contribution in [2.45, 2.75) is 88.0 Å². The maximum absolute atomic E-state index is 5.23. The molecular weight excluding hydrogens is 767 g/mol. The number of aliphatic imine (C=N–C) groups is 2. The van der Waals surface area contributed by atoms with Crippen molar-refractivity contribution in [3.05, 3.63) is 137 Å². The van der Waals surface area contributed by atoms with Crippen LogP contribution in [0.15, 0.2) is 114 Å². The van der Waals surface area contributed by atoms with Crippen LogP contribution in [0.5, 0.6) is 0 Å². The minimum atomic E-state index is -0.371. The second-order valence-electron chi connectivity index (χ2n) is 19.0. The molecule has 2 aliphatic carbocycles. The Morgan fingerprint density at radius 1 is 1.03 bits per heavy atom. The normalized spacial score (nSPS) is 26.1. The fourth-order valence-corrected chi connectivity index (χ4v) is 11.7. The van der Waals surface area contributed by atoms with Crippen LogP contribution in [-0.2, 0) is 32.2 Å². The summed E-state index contributed by atoms with van der Waals surface area (Å²) in [5.41, 5.74) is 14.9. The minimum Gasteiger partial charge on any atom is -0.388 e. The Kier molecular flexibility index (Phi) is 10.1. The van der Waals surface area contributed by atoms with Gasteiger partial charge < -0.3 is 41.0 Å². The monoisotopic (exact) mass is 830 g/mol. The van der Waals surface area contributed by atoms with E-state index in [0.29, 0.717) is 11.3 Å². The molecule has 62 heavy (non-hydrogen) atoms. The van der Waals surface area contributed by atoms with Crippen LogP contribution in [0.25, 0.3) is 11.0 Å². The fourth-order valence-electron chi connectivity index (χ4n) is 11.7. The van der Waals surface area contributed by atoms with Gasteiger partial charge in [0.05, 0.1) is 51.9 Å². The Balaban J connectivity index is 0.909. The van der Waals surface area contributed by atoms with Gasteiger partial charge in [-0.3, -0.25) is 9.98 Å². The average molecular weight is 830 g/mol. The second kappa shape index (κ2) is 15.5. The number of likely N-dealkylation sites (N-methyl/N-ethyl adjacent to an activating group) is 2. The van der Waals surface area contributed by atoms with E-state index in [2.05, 4.69) is 148 Å². The SMILES string of the molecule is C=CN(C)C1(/C(=C/N2C(CC)NC(=C)C23Cc2cc(N=C)c(NCC4=NCC5(CCNC5)C4)cc2C3)NC)Cc2cc3nc(C4CC(=C)N(Cc5ccccc5)C4)[nH]c3cc2C1. The lowest BCUT2D eigenvalue weighted by atomic mass is 9.84. The lowest BCUT2D eigenvalue weighted by Crippen LogP contribution is -2.52. The molecule has 6 aliphatic rings. The summed E-state index contributed by atoms with van der Waals surface area (Å²) in [7, 11) is 4.23. The first-order valence-corrected chi connectivity index (χ1v) is 22.7. The number of anilines is 1. The quantitative estimate of drug-likeness (QED) is 0.0895. The number of hydrogen-bond acceptors (Lipinski definition) is 10. The molecule has 2 spiro atoms. The number of aromatic nitrogens is 2. The Bertz CT molecular complexity index is 2460. The van der Waals surface area contributed by atoms with E-state index in [-0.39, 0.29) is 17.2 Å². The molecule has 0 bridgehead atoms. The minimum absolute atomic E-state index is 0.0958. The second-order valence-corrected chi connectivity index (χ2v) is 19.0. The van der Waals surface area contributed by atoms with Crippen molar-refractivity contribution < 1.29 is 0 Å². The summed E-state index contributed by atoms with van der Waals surface area (Å²) in [4.78, 5) is 25.8. The predicted octanol–water partition coefficient (Wildman–Crippen LogP) is 7.30. The highest BCUT2D eigenvalue weighted by molar-refractivity contribution is 5.91. The van der Waals surface area contributed by atoms with E-state index in [1.54, 1.807) is 0 Å². The van der Waals surface area contributed by atoms with E-state index in [9.17, 15) is 0 Å². The van der Waals surface area contributed by atoms with Crippen LogP contribution in [0.2, 0.25) is 0 Å². The molecular formula is C51H63N11. The van der Waals surface area contributed by atoms with Gasteiger partial charge in [0.15, 0.2) is 0 Å². The van der Waals surface area contributed by atoms with E-state index < -0.39 is 0 Å². The molecule has 10 rings (SSSR count). The number of rotatable bonds is 13. The summed E-state index contributed by atoms with van der Waals surface area (Å²) >= 11 is 0. The van der Waals surface area contributed by atoms with Gasteiger partial charge in [0.1, 0.15) is 5.82 Å². The van der Waals surface area contributed by atoms with Crippen LogP contribution in [0.3, 0.4) is 0 Å². The van der Waals surface area contributed by atoms with Crippen molar-refractivity contribution in [2.75, 3.05) is 52.1 Å². The zero-order valence-electron chi connectivity index (χ0n) is 36.9. The van der Waals surface area contributed by atoms with Crippen LogP contribution in [0, 0.1) is 5.41 Å². The summed E-state index contributed by atoms with van der Waals surface area (Å²) in [6.45, 7) is 25.3. The van der Waals surface area contributed by atoms with E-state index in [1.807, 2.05) is 6.20 Å². The molecule has 5 unspecified atom stereocenters. The number of likely N-dealkylation sites (tertiary alicyclic amines) is 1. The van der Waals surface area contributed by atoms with Crippen molar-refractivity contribution in [1.29, 1.82) is 0 Å². The van der Waals surface area contributed by atoms with Gasteiger partial charge in [-0.15, -0.1) is 0 Å². The highest BCUT2D eigenvalue weighted by Crippen LogP contribution is 2.48. The van der Waals surface area contributed by atoms with E-state index in [4.69, 9.17) is 16.6 Å². The maximum Gasteiger partial charge on any atom is 0.112 e. The largest absolute Gasteiger partial charge is 0.388 e. The molecule has 3 aromatic carbocycles. The van der Waals surface area contributed by atoms with Crippen molar-refractivity contribution in [2.24, 2.45) is 15.4 Å². The molecule has 3 saturated heterocycles. The van der Waals surface area contributed by atoms with Crippen LogP contribution < -0.4 is 21.3 Å². The van der Waals surface area contributed by atoms with Gasteiger partial charge in [0.25, 0.3) is 0 Å². The van der Waals surface area contributed by atoms with Gasteiger partial charge in [-0.2, -0.15) is 0 Å². The maximum atomic E-state index is 5.23. The van der Waals surface area contributed by atoms with E-state index >= 15 is 0 Å². The molecule has 3 fully saturated rings. The van der Waals surface area contributed by atoms with Crippen molar-refractivity contribution in [1.82, 2.24) is 40.6 Å². The summed E-state index contributed by atoms with van der Waals surface area (Å²) in [6.07, 6.45) is 12.0. The summed E-state index contributed by atoms with van der Waals surface area (Å²) in [6, 6.07) is 19.9. The molecule has 1 aromatic heterocycles. The molecule has 11 heteroatoms. The first kappa shape index (κ1) is 40.3. The summed E-state index contributed by atoms with van der Waals surface area (Å²) < 4.78 is 0. The first-order chi connectivity index (χ1) is 30.1. The number of H-pyrrole nitrogens is 1. The van der Waals surface area contributed by atoms with Crippen molar-refractivity contribution in [3.63, 3.8) is 0 Å². The third kappa shape index (κ3) is 6.71. The predicted molar refractivity (Wildman–Crippen MR) is 254 cm³/mol. The lowest BCUT2D eigenvalue weighted by molar-refractivity contribution is 0.167. The number of benzene rings is 3. The smallest absolute Gasteiger partial charge is 0.112 e. The lowest BCUT2D eigenvalue weighted by Gasteiger charge is -2.43. The molecule has 5 N–H and O–H groups in total. The van der Waals surface area contributed by atoms with Gasteiger partial charge in [0, 0.05) is 101 Å². The zero-order chi connectivity index (χ0) is 42.8. The number of aromatic amines is 1. The Labute approximate surface area is 367 Å². The number of nitrogens with one attached hydrogen (secondary N) is 5. The molecule has 11 nitrogen and oxygen atoms in total. The van der Waals surface area contributed by atoms with Crippen LogP contribution in [-0.4, -0.2) is 101 Å². The molecule has 0 amide bonds. The summed E-state index contributed by atoms with van der Waals surface area (Å²) in [5.74, 6) is 1.34. The third-order valence-electron chi connectivity index (χ3n) is 15.4. The number of allylic oxidation sites excluding steroid dienone is 1. The Morgan fingerprint density at radius 2 is 1.81 bits per heavy atom. The fraction of sp³-hybridized carbons (Fsp3) is 0.431.